The summed E-state index contributed by atoms with van der Waals surface area (Å²) in [5.41, 5.74) is 2.69. The zero-order valence-electron chi connectivity index (χ0n) is 10.1. The Morgan fingerprint density at radius 1 is 1.59 bits per heavy atom. The molecule has 0 bridgehead atoms. The van der Waals surface area contributed by atoms with E-state index in [0.717, 1.165) is 18.5 Å². The molecule has 0 fully saturated rings. The quantitative estimate of drug-likeness (QED) is 0.752. The van der Waals surface area contributed by atoms with E-state index in [1.54, 1.807) is 17.7 Å². The summed E-state index contributed by atoms with van der Waals surface area (Å²) in [7, 11) is 0. The number of esters is 1. The first-order valence-corrected chi connectivity index (χ1v) is 5.82. The Morgan fingerprint density at radius 3 is 3.12 bits per heavy atom. The number of nitrogens with zero attached hydrogens (tertiary/aromatic N) is 2. The highest BCUT2D eigenvalue weighted by atomic mass is 16.5. The van der Waals surface area contributed by atoms with E-state index in [9.17, 15) is 4.79 Å². The van der Waals surface area contributed by atoms with Crippen LogP contribution in [0.2, 0.25) is 0 Å². The van der Waals surface area contributed by atoms with E-state index in [1.165, 1.54) is 5.57 Å². The van der Waals surface area contributed by atoms with E-state index in [1.807, 2.05) is 6.20 Å². The van der Waals surface area contributed by atoms with Crippen LogP contribution in [-0.4, -0.2) is 22.4 Å². The normalized spacial score (nSPS) is 15.2. The Hall–Kier alpha value is -1.84. The van der Waals surface area contributed by atoms with Crippen molar-refractivity contribution in [2.45, 2.75) is 26.7 Å². The Morgan fingerprint density at radius 2 is 2.41 bits per heavy atom. The minimum Gasteiger partial charge on any atom is -0.461 e. The SMILES string of the molecule is CCOC(=O)c1ccn(C2=C(C)C=CCC2)n1. The molecular formula is C13H16N2O2. The molecule has 0 spiro atoms. The van der Waals surface area contributed by atoms with Crippen LogP contribution in [0.25, 0.3) is 5.70 Å². The number of aromatic nitrogens is 2. The van der Waals surface area contributed by atoms with E-state index in [2.05, 4.69) is 24.2 Å². The number of carbonyl (C=O) groups is 1. The molecular weight excluding hydrogens is 216 g/mol. The molecule has 1 aliphatic rings. The van der Waals surface area contributed by atoms with Crippen molar-refractivity contribution in [2.75, 3.05) is 6.61 Å². The fourth-order valence-electron chi connectivity index (χ4n) is 1.86. The largest absolute Gasteiger partial charge is 0.461 e. The summed E-state index contributed by atoms with van der Waals surface area (Å²) in [6, 6.07) is 1.69. The molecule has 0 unspecified atom stereocenters. The lowest BCUT2D eigenvalue weighted by molar-refractivity contribution is 0.0519. The number of hydrogen-bond acceptors (Lipinski definition) is 3. The maximum absolute atomic E-state index is 11.5. The summed E-state index contributed by atoms with van der Waals surface area (Å²) in [6.07, 6.45) is 8.01. The van der Waals surface area contributed by atoms with Gasteiger partial charge in [-0.2, -0.15) is 5.10 Å². The molecule has 0 aliphatic heterocycles. The lowest BCUT2D eigenvalue weighted by Crippen LogP contribution is -2.08. The first kappa shape index (κ1) is 11.6. The van der Waals surface area contributed by atoms with Crippen molar-refractivity contribution in [2.24, 2.45) is 0 Å². The number of carbonyl (C=O) groups excluding carboxylic acids is 1. The summed E-state index contributed by atoms with van der Waals surface area (Å²) >= 11 is 0. The molecule has 0 atom stereocenters. The average Bonchev–Trinajstić information content (AvgIpc) is 2.79. The van der Waals surface area contributed by atoms with Crippen molar-refractivity contribution in [1.29, 1.82) is 0 Å². The molecule has 1 aliphatic carbocycles. The van der Waals surface area contributed by atoms with Crippen molar-refractivity contribution in [3.8, 4) is 0 Å². The topological polar surface area (TPSA) is 44.1 Å². The molecule has 0 aromatic carbocycles. The van der Waals surface area contributed by atoms with Crippen molar-refractivity contribution in [3.63, 3.8) is 0 Å². The predicted molar refractivity (Wildman–Crippen MR) is 65.4 cm³/mol. The van der Waals surface area contributed by atoms with Crippen LogP contribution in [-0.2, 0) is 4.74 Å². The van der Waals surface area contributed by atoms with Gasteiger partial charge in [0.1, 0.15) is 0 Å². The summed E-state index contributed by atoms with van der Waals surface area (Å²) in [4.78, 5) is 11.5. The predicted octanol–water partition coefficient (Wildman–Crippen LogP) is 2.64. The van der Waals surface area contributed by atoms with E-state index in [4.69, 9.17) is 4.74 Å². The summed E-state index contributed by atoms with van der Waals surface area (Å²) in [5.74, 6) is -0.365. The summed E-state index contributed by atoms with van der Waals surface area (Å²) in [6.45, 7) is 4.21. The molecule has 1 aromatic rings. The maximum Gasteiger partial charge on any atom is 0.358 e. The van der Waals surface area contributed by atoms with Crippen LogP contribution >= 0.6 is 0 Å². The monoisotopic (exact) mass is 232 g/mol. The Bertz CT molecular complexity index is 483. The molecule has 1 heterocycles. The molecule has 0 radical (unpaired) electrons. The fourth-order valence-corrected chi connectivity index (χ4v) is 1.86. The zero-order valence-corrected chi connectivity index (χ0v) is 10.1. The molecule has 2 rings (SSSR count). The van der Waals surface area contributed by atoms with Crippen molar-refractivity contribution in [3.05, 3.63) is 35.7 Å². The minimum atomic E-state index is -0.365. The Balaban J connectivity index is 2.24. The maximum atomic E-state index is 11.5. The highest BCUT2D eigenvalue weighted by Crippen LogP contribution is 2.22. The number of allylic oxidation sites excluding steroid dienone is 4. The van der Waals surface area contributed by atoms with Gasteiger partial charge in [-0.1, -0.05) is 12.2 Å². The van der Waals surface area contributed by atoms with Crippen molar-refractivity contribution < 1.29 is 9.53 Å². The van der Waals surface area contributed by atoms with E-state index >= 15 is 0 Å². The highest BCUT2D eigenvalue weighted by molar-refractivity contribution is 5.87. The third-order valence-corrected chi connectivity index (χ3v) is 2.72. The van der Waals surface area contributed by atoms with Gasteiger partial charge in [0, 0.05) is 11.9 Å². The van der Waals surface area contributed by atoms with E-state index < -0.39 is 0 Å². The Labute approximate surface area is 101 Å². The van der Waals surface area contributed by atoms with Gasteiger partial charge < -0.3 is 4.74 Å². The molecule has 0 N–H and O–H groups in total. The third kappa shape index (κ3) is 2.46. The molecule has 0 saturated heterocycles. The van der Waals surface area contributed by atoms with Gasteiger partial charge in [-0.15, -0.1) is 0 Å². The van der Waals surface area contributed by atoms with Gasteiger partial charge in [0.15, 0.2) is 5.69 Å². The van der Waals surface area contributed by atoms with Crippen LogP contribution in [0.3, 0.4) is 0 Å². The molecule has 0 amide bonds. The van der Waals surface area contributed by atoms with Crippen LogP contribution in [0.5, 0.6) is 0 Å². The number of ether oxygens (including phenoxy) is 1. The second-order valence-electron chi connectivity index (χ2n) is 3.94. The van der Waals surface area contributed by atoms with Crippen LogP contribution in [0.1, 0.15) is 37.2 Å². The van der Waals surface area contributed by atoms with Crippen LogP contribution in [0.15, 0.2) is 30.0 Å². The molecule has 90 valence electrons. The number of rotatable bonds is 3. The van der Waals surface area contributed by atoms with Gasteiger partial charge in [-0.05, 0) is 38.3 Å². The van der Waals surface area contributed by atoms with E-state index in [-0.39, 0.29) is 5.97 Å². The van der Waals surface area contributed by atoms with Gasteiger partial charge in [0.25, 0.3) is 0 Å². The second kappa shape index (κ2) is 4.99. The lowest BCUT2D eigenvalue weighted by atomic mass is 10.1. The summed E-state index contributed by atoms with van der Waals surface area (Å²) < 4.78 is 6.68. The lowest BCUT2D eigenvalue weighted by Gasteiger charge is -2.12. The average molecular weight is 232 g/mol. The van der Waals surface area contributed by atoms with Crippen LogP contribution in [0.4, 0.5) is 0 Å². The van der Waals surface area contributed by atoms with Crippen molar-refractivity contribution >= 4 is 11.7 Å². The molecule has 17 heavy (non-hydrogen) atoms. The van der Waals surface area contributed by atoms with Gasteiger partial charge in [-0.3, -0.25) is 0 Å². The van der Waals surface area contributed by atoms with Crippen LogP contribution < -0.4 is 0 Å². The van der Waals surface area contributed by atoms with Gasteiger partial charge >= 0.3 is 5.97 Å². The third-order valence-electron chi connectivity index (χ3n) is 2.72. The van der Waals surface area contributed by atoms with Crippen LogP contribution in [0, 0.1) is 0 Å². The highest BCUT2D eigenvalue weighted by Gasteiger charge is 2.13. The molecule has 0 saturated carbocycles. The molecule has 4 nitrogen and oxygen atoms in total. The van der Waals surface area contributed by atoms with Gasteiger partial charge in [-0.25, -0.2) is 9.48 Å². The first-order valence-electron chi connectivity index (χ1n) is 5.82. The zero-order chi connectivity index (χ0) is 12.3. The Kier molecular flexibility index (Phi) is 3.42. The second-order valence-corrected chi connectivity index (χ2v) is 3.94. The van der Waals surface area contributed by atoms with Gasteiger partial charge in [0.05, 0.1) is 6.61 Å². The van der Waals surface area contributed by atoms with E-state index in [0.29, 0.717) is 12.3 Å². The smallest absolute Gasteiger partial charge is 0.358 e. The minimum absolute atomic E-state index is 0.363. The standard InChI is InChI=1S/C13H16N2O2/c1-3-17-13(16)11-8-9-15(14-11)12-7-5-4-6-10(12)2/h4,6,8-9H,3,5,7H2,1-2H3. The van der Waals surface area contributed by atoms with Crippen molar-refractivity contribution in [1.82, 2.24) is 9.78 Å². The van der Waals surface area contributed by atoms with Gasteiger partial charge in [0.2, 0.25) is 0 Å². The molecule has 1 aromatic heterocycles. The first-order chi connectivity index (χ1) is 8.22. The fraction of sp³-hybridized carbons (Fsp3) is 0.385. The molecule has 4 heteroatoms. The summed E-state index contributed by atoms with van der Waals surface area (Å²) in [5, 5.41) is 4.25. The number of hydrogen-bond donors (Lipinski definition) is 0.